The van der Waals surface area contributed by atoms with Crippen LogP contribution < -0.4 is 5.32 Å². The number of aryl methyl sites for hydroxylation is 1. The van der Waals surface area contributed by atoms with Crippen LogP contribution in [0.4, 0.5) is 0 Å². The standard InChI is InChI=1S/C27H37N3O6S/c1-5-22-24-23(14-27(17-28-25(24)31)9-11-35-12-10-27)30(29-22)15-19(4)16-36-26(32)20-7-6-8-21(13-20)37(33,34)18(2)3/h6-8,13,18-19H,5,9-12,14-17H2,1-4H3,(H,28,31)/t19-/m1/s1. The van der Waals surface area contributed by atoms with E-state index in [1.54, 1.807) is 26.0 Å². The fraction of sp³-hybridized carbons (Fsp3) is 0.593. The number of nitrogens with one attached hydrogen (secondary N) is 1. The summed E-state index contributed by atoms with van der Waals surface area (Å²) in [5.41, 5.74) is 2.56. The van der Waals surface area contributed by atoms with Crippen LogP contribution in [-0.4, -0.2) is 61.7 Å². The summed E-state index contributed by atoms with van der Waals surface area (Å²) in [4.78, 5) is 25.8. The quantitative estimate of drug-likeness (QED) is 0.520. The Hall–Kier alpha value is -2.72. The number of hydrogen-bond acceptors (Lipinski definition) is 7. The third kappa shape index (κ3) is 5.75. The molecule has 1 N–H and O–H groups in total. The molecule has 10 heteroatoms. The monoisotopic (exact) mass is 531 g/mol. The fourth-order valence-corrected chi connectivity index (χ4v) is 6.15. The van der Waals surface area contributed by atoms with E-state index in [9.17, 15) is 18.0 Å². The Labute approximate surface area is 218 Å². The Balaban J connectivity index is 1.48. The third-order valence-electron chi connectivity index (χ3n) is 7.41. The summed E-state index contributed by atoms with van der Waals surface area (Å²) in [5.74, 6) is -0.712. The first-order valence-corrected chi connectivity index (χ1v) is 14.6. The molecule has 0 radical (unpaired) electrons. The van der Waals surface area contributed by atoms with Gasteiger partial charge in [-0.2, -0.15) is 5.10 Å². The van der Waals surface area contributed by atoms with E-state index in [1.165, 1.54) is 12.1 Å². The maximum absolute atomic E-state index is 13.0. The van der Waals surface area contributed by atoms with Crippen LogP contribution in [0.25, 0.3) is 0 Å². The van der Waals surface area contributed by atoms with Crippen molar-refractivity contribution in [1.29, 1.82) is 0 Å². The molecule has 0 unspecified atom stereocenters. The first-order valence-electron chi connectivity index (χ1n) is 13.0. The van der Waals surface area contributed by atoms with Crippen LogP contribution in [0.5, 0.6) is 0 Å². The number of sulfone groups is 1. The SMILES string of the molecule is CCc1nn(C[C@@H](C)COC(=O)c2cccc(S(=O)(=O)C(C)C)c2)c2c1C(=O)NCC1(CCOCC1)C2. The first-order chi connectivity index (χ1) is 17.6. The van der Waals surface area contributed by atoms with Gasteiger partial charge in [0.15, 0.2) is 9.84 Å². The van der Waals surface area contributed by atoms with Crippen molar-refractivity contribution in [3.05, 3.63) is 46.8 Å². The normalized spacial score (nSPS) is 18.2. The van der Waals surface area contributed by atoms with Crippen LogP contribution in [-0.2, 0) is 38.7 Å². The largest absolute Gasteiger partial charge is 0.462 e. The van der Waals surface area contributed by atoms with Gasteiger partial charge in [0.05, 0.1) is 39.3 Å². The number of aromatic nitrogens is 2. The molecule has 0 bridgehead atoms. The number of rotatable bonds is 8. The summed E-state index contributed by atoms with van der Waals surface area (Å²) in [5, 5.41) is 7.32. The number of nitrogens with zero attached hydrogens (tertiary/aromatic N) is 2. The van der Waals surface area contributed by atoms with E-state index in [4.69, 9.17) is 14.6 Å². The zero-order valence-electron chi connectivity index (χ0n) is 22.1. The lowest BCUT2D eigenvalue weighted by Crippen LogP contribution is -2.41. The van der Waals surface area contributed by atoms with Gasteiger partial charge in [-0.05, 0) is 63.1 Å². The molecule has 0 saturated carbocycles. The summed E-state index contributed by atoms with van der Waals surface area (Å²) in [6.07, 6.45) is 3.18. The molecule has 1 aromatic carbocycles. The molecule has 0 aliphatic carbocycles. The molecule has 37 heavy (non-hydrogen) atoms. The molecule has 2 aliphatic rings. The predicted octanol–water partition coefficient (Wildman–Crippen LogP) is 3.20. The summed E-state index contributed by atoms with van der Waals surface area (Å²) in [7, 11) is -3.49. The van der Waals surface area contributed by atoms with E-state index in [1.807, 2.05) is 18.5 Å². The lowest BCUT2D eigenvalue weighted by Gasteiger charge is -2.36. The Morgan fingerprint density at radius 3 is 2.65 bits per heavy atom. The molecule has 9 nitrogen and oxygen atoms in total. The Bertz CT molecular complexity index is 1260. The average molecular weight is 532 g/mol. The van der Waals surface area contributed by atoms with Gasteiger partial charge in [0.25, 0.3) is 5.91 Å². The van der Waals surface area contributed by atoms with Gasteiger partial charge in [-0.25, -0.2) is 13.2 Å². The molecule has 202 valence electrons. The van der Waals surface area contributed by atoms with E-state index in [0.717, 1.165) is 30.7 Å². The van der Waals surface area contributed by atoms with E-state index in [0.29, 0.717) is 38.3 Å². The van der Waals surface area contributed by atoms with E-state index >= 15 is 0 Å². The summed E-state index contributed by atoms with van der Waals surface area (Å²) in [6.45, 7) is 9.81. The molecule has 2 aromatic rings. The van der Waals surface area contributed by atoms with E-state index < -0.39 is 21.1 Å². The van der Waals surface area contributed by atoms with Gasteiger partial charge in [-0.15, -0.1) is 0 Å². The average Bonchev–Trinajstić information content (AvgIpc) is 3.15. The van der Waals surface area contributed by atoms with Gasteiger partial charge in [-0.3, -0.25) is 9.48 Å². The highest BCUT2D eigenvalue weighted by atomic mass is 32.2. The highest BCUT2D eigenvalue weighted by molar-refractivity contribution is 7.92. The lowest BCUT2D eigenvalue weighted by atomic mass is 9.76. The molecule has 2 aliphatic heterocycles. The van der Waals surface area contributed by atoms with Crippen LogP contribution in [0.1, 0.15) is 72.6 Å². The maximum Gasteiger partial charge on any atom is 0.338 e. The van der Waals surface area contributed by atoms with Gasteiger partial charge in [0, 0.05) is 32.2 Å². The zero-order valence-corrected chi connectivity index (χ0v) is 22.9. The summed E-state index contributed by atoms with van der Waals surface area (Å²) in [6, 6.07) is 5.97. The van der Waals surface area contributed by atoms with Crippen LogP contribution in [0.2, 0.25) is 0 Å². The van der Waals surface area contributed by atoms with Crippen LogP contribution in [0, 0.1) is 11.3 Å². The minimum Gasteiger partial charge on any atom is -0.462 e. The van der Waals surface area contributed by atoms with Crippen LogP contribution in [0.3, 0.4) is 0 Å². The number of benzene rings is 1. The minimum absolute atomic E-state index is 0.0427. The van der Waals surface area contributed by atoms with E-state index in [2.05, 4.69) is 5.32 Å². The number of amides is 1. The van der Waals surface area contributed by atoms with Crippen LogP contribution in [0.15, 0.2) is 29.2 Å². The lowest BCUT2D eigenvalue weighted by molar-refractivity contribution is 0.0151. The molecule has 1 saturated heterocycles. The van der Waals surface area contributed by atoms with Gasteiger partial charge >= 0.3 is 5.97 Å². The van der Waals surface area contributed by atoms with Gasteiger partial charge in [0.2, 0.25) is 0 Å². The number of hydrogen-bond donors (Lipinski definition) is 1. The molecular formula is C27H37N3O6S. The smallest absolute Gasteiger partial charge is 0.338 e. The van der Waals surface area contributed by atoms with Gasteiger partial charge in [0.1, 0.15) is 0 Å². The molecule has 1 amide bonds. The molecule has 3 heterocycles. The second-order valence-electron chi connectivity index (χ2n) is 10.6. The van der Waals surface area contributed by atoms with Crippen molar-refractivity contribution in [2.75, 3.05) is 26.4 Å². The highest BCUT2D eigenvalue weighted by Crippen LogP contribution is 2.37. The van der Waals surface area contributed by atoms with Crippen molar-refractivity contribution < 1.29 is 27.5 Å². The maximum atomic E-state index is 13.0. The predicted molar refractivity (Wildman–Crippen MR) is 138 cm³/mol. The number of esters is 1. The molecule has 1 fully saturated rings. The molecular weight excluding hydrogens is 494 g/mol. The van der Waals surface area contributed by atoms with Gasteiger partial charge < -0.3 is 14.8 Å². The van der Waals surface area contributed by atoms with Crippen molar-refractivity contribution in [1.82, 2.24) is 15.1 Å². The molecule has 1 spiro atoms. The van der Waals surface area contributed by atoms with E-state index in [-0.39, 0.29) is 34.3 Å². The zero-order chi connectivity index (χ0) is 26.8. The second kappa shape index (κ2) is 10.9. The Morgan fingerprint density at radius 1 is 1.24 bits per heavy atom. The number of fused-ring (bicyclic) bond motifs is 1. The van der Waals surface area contributed by atoms with Crippen molar-refractivity contribution >= 4 is 21.7 Å². The molecule has 4 rings (SSSR count). The minimum atomic E-state index is -3.49. The third-order valence-corrected chi connectivity index (χ3v) is 9.57. The highest BCUT2D eigenvalue weighted by Gasteiger charge is 2.39. The van der Waals surface area contributed by atoms with Gasteiger partial charge in [-0.1, -0.05) is 19.9 Å². The Kier molecular flexibility index (Phi) is 8.08. The van der Waals surface area contributed by atoms with Crippen molar-refractivity contribution in [3.63, 3.8) is 0 Å². The number of ether oxygens (including phenoxy) is 2. The fourth-order valence-electron chi connectivity index (χ4n) is 5.05. The number of carbonyl (C=O) groups excluding carboxylic acids is 2. The summed E-state index contributed by atoms with van der Waals surface area (Å²) < 4.78 is 38.0. The molecule has 1 atom stereocenters. The van der Waals surface area contributed by atoms with Crippen molar-refractivity contribution in [3.8, 4) is 0 Å². The number of carbonyl (C=O) groups is 2. The van der Waals surface area contributed by atoms with Crippen molar-refractivity contribution in [2.24, 2.45) is 11.3 Å². The topological polar surface area (TPSA) is 117 Å². The first kappa shape index (κ1) is 27.3. The molecule has 1 aromatic heterocycles. The Morgan fingerprint density at radius 2 is 1.97 bits per heavy atom. The second-order valence-corrected chi connectivity index (χ2v) is 13.1. The van der Waals surface area contributed by atoms with Crippen LogP contribution >= 0.6 is 0 Å². The summed E-state index contributed by atoms with van der Waals surface area (Å²) >= 11 is 0. The van der Waals surface area contributed by atoms with Crippen molar-refractivity contribution in [2.45, 2.75) is 70.1 Å².